The lowest BCUT2D eigenvalue weighted by Gasteiger charge is -2.10. The van der Waals surface area contributed by atoms with E-state index in [-0.39, 0.29) is 11.1 Å². The number of aryl methyl sites for hydroxylation is 2. The van der Waals surface area contributed by atoms with Gasteiger partial charge in [0.2, 0.25) is 5.13 Å². The average molecular weight is 340 g/mol. The molecule has 0 bridgehead atoms. The Morgan fingerprint density at radius 1 is 1.17 bits per heavy atom. The lowest BCUT2D eigenvalue weighted by molar-refractivity contribution is 0.102. The lowest BCUT2D eigenvalue weighted by atomic mass is 10.1. The molecule has 0 aliphatic heterocycles. The van der Waals surface area contributed by atoms with Crippen molar-refractivity contribution in [2.24, 2.45) is 0 Å². The molecule has 24 heavy (non-hydrogen) atoms. The van der Waals surface area contributed by atoms with Gasteiger partial charge in [-0.15, -0.1) is 10.2 Å². The summed E-state index contributed by atoms with van der Waals surface area (Å²) < 4.78 is 1.53. The van der Waals surface area contributed by atoms with Gasteiger partial charge in [-0.05, 0) is 37.1 Å². The monoisotopic (exact) mass is 340 g/mol. The zero-order chi connectivity index (χ0) is 17.1. The van der Waals surface area contributed by atoms with Gasteiger partial charge in [-0.1, -0.05) is 35.6 Å². The minimum absolute atomic E-state index is 0.0823. The second-order valence-electron chi connectivity index (χ2n) is 5.36. The molecule has 0 unspecified atom stereocenters. The number of pyridine rings is 1. The number of hydrogen-bond donors (Lipinski definition) is 1. The quantitative estimate of drug-likeness (QED) is 0.792. The van der Waals surface area contributed by atoms with Gasteiger partial charge in [0.15, 0.2) is 0 Å². The van der Waals surface area contributed by atoms with Crippen molar-refractivity contribution in [2.45, 2.75) is 20.4 Å². The van der Waals surface area contributed by atoms with E-state index >= 15 is 0 Å². The van der Waals surface area contributed by atoms with Crippen molar-refractivity contribution in [3.05, 3.63) is 74.6 Å². The smallest absolute Gasteiger partial charge is 0.263 e. The van der Waals surface area contributed by atoms with Gasteiger partial charge >= 0.3 is 0 Å². The zero-order valence-electron chi connectivity index (χ0n) is 13.3. The molecular formula is C17H16N4O2S. The maximum Gasteiger partial charge on any atom is 0.263 e. The van der Waals surface area contributed by atoms with Crippen LogP contribution in [0, 0.1) is 13.8 Å². The number of benzene rings is 1. The Labute approximate surface area is 142 Å². The van der Waals surface area contributed by atoms with Crippen molar-refractivity contribution in [3.63, 3.8) is 0 Å². The molecule has 0 spiro atoms. The number of nitrogens with one attached hydrogen (secondary N) is 1. The molecule has 2 heterocycles. The normalized spacial score (nSPS) is 10.6. The fraction of sp³-hybridized carbons (Fsp3) is 0.176. The van der Waals surface area contributed by atoms with Crippen LogP contribution in [0.3, 0.4) is 0 Å². The van der Waals surface area contributed by atoms with Crippen LogP contribution in [-0.2, 0) is 6.54 Å². The highest BCUT2D eigenvalue weighted by Gasteiger charge is 2.14. The number of aromatic nitrogens is 3. The molecule has 0 atom stereocenters. The Hall–Kier alpha value is -2.80. The van der Waals surface area contributed by atoms with E-state index in [9.17, 15) is 9.59 Å². The van der Waals surface area contributed by atoms with Crippen LogP contribution in [0.2, 0.25) is 0 Å². The largest absolute Gasteiger partial charge is 0.310 e. The summed E-state index contributed by atoms with van der Waals surface area (Å²) in [6, 6.07) is 11.1. The number of carbonyl (C=O) groups excluding carboxylic acids is 1. The van der Waals surface area contributed by atoms with Gasteiger partial charge in [0.05, 0.1) is 6.54 Å². The molecule has 2 aromatic heterocycles. The van der Waals surface area contributed by atoms with Crippen molar-refractivity contribution in [3.8, 4) is 0 Å². The lowest BCUT2D eigenvalue weighted by Crippen LogP contribution is -2.29. The van der Waals surface area contributed by atoms with Crippen LogP contribution in [0.5, 0.6) is 0 Å². The Morgan fingerprint density at radius 2 is 1.96 bits per heavy atom. The maximum absolute atomic E-state index is 12.6. The second-order valence-corrected chi connectivity index (χ2v) is 6.54. The summed E-state index contributed by atoms with van der Waals surface area (Å²) in [7, 11) is 0. The van der Waals surface area contributed by atoms with Crippen LogP contribution < -0.4 is 10.9 Å². The summed E-state index contributed by atoms with van der Waals surface area (Å²) in [5.41, 5.74) is 1.89. The third kappa shape index (κ3) is 3.41. The average Bonchev–Trinajstić information content (AvgIpc) is 2.96. The van der Waals surface area contributed by atoms with Gasteiger partial charge in [-0.25, -0.2) is 0 Å². The number of rotatable bonds is 4. The molecule has 7 heteroatoms. The molecule has 1 aromatic carbocycles. The molecule has 0 aliphatic carbocycles. The number of hydrogen-bond acceptors (Lipinski definition) is 5. The fourth-order valence-corrected chi connectivity index (χ4v) is 2.90. The Balaban J connectivity index is 1.87. The van der Waals surface area contributed by atoms with Crippen molar-refractivity contribution in [1.29, 1.82) is 0 Å². The van der Waals surface area contributed by atoms with Crippen LogP contribution in [-0.4, -0.2) is 20.7 Å². The molecule has 0 fully saturated rings. The van der Waals surface area contributed by atoms with Crippen molar-refractivity contribution >= 4 is 22.4 Å². The number of anilines is 1. The summed E-state index contributed by atoms with van der Waals surface area (Å²) in [5.74, 6) is -0.477. The first-order valence-electron chi connectivity index (χ1n) is 7.40. The Bertz CT molecular complexity index is 946. The summed E-state index contributed by atoms with van der Waals surface area (Å²) in [5, 5.41) is 11.4. The summed E-state index contributed by atoms with van der Waals surface area (Å²) in [6.07, 6.45) is 1.68. The van der Waals surface area contributed by atoms with E-state index in [4.69, 9.17) is 0 Å². The first kappa shape index (κ1) is 16.1. The van der Waals surface area contributed by atoms with Gasteiger partial charge in [-0.2, -0.15) is 0 Å². The number of carbonyl (C=O) groups is 1. The van der Waals surface area contributed by atoms with E-state index in [1.807, 2.05) is 31.2 Å². The van der Waals surface area contributed by atoms with Crippen molar-refractivity contribution in [2.75, 3.05) is 5.32 Å². The molecule has 0 radical (unpaired) electrons. The zero-order valence-corrected chi connectivity index (χ0v) is 14.1. The molecule has 0 saturated heterocycles. The molecule has 122 valence electrons. The molecule has 0 aliphatic rings. The summed E-state index contributed by atoms with van der Waals surface area (Å²) in [4.78, 5) is 24.9. The molecule has 1 N–H and O–H groups in total. The van der Waals surface area contributed by atoms with E-state index in [1.165, 1.54) is 22.0 Å². The SMILES string of the molecule is Cc1nnc(NC(=O)c2cccn(Cc3ccccc3C)c2=O)s1. The first-order chi connectivity index (χ1) is 11.5. The fourth-order valence-electron chi connectivity index (χ4n) is 2.32. The third-order valence-electron chi connectivity index (χ3n) is 3.61. The minimum Gasteiger partial charge on any atom is -0.310 e. The predicted molar refractivity (Wildman–Crippen MR) is 93.6 cm³/mol. The topological polar surface area (TPSA) is 76.9 Å². The van der Waals surface area contributed by atoms with E-state index < -0.39 is 5.91 Å². The van der Waals surface area contributed by atoms with Crippen LogP contribution in [0.25, 0.3) is 0 Å². The van der Waals surface area contributed by atoms with Gasteiger partial charge < -0.3 is 4.57 Å². The van der Waals surface area contributed by atoms with Gasteiger partial charge in [0.25, 0.3) is 11.5 Å². The van der Waals surface area contributed by atoms with Crippen molar-refractivity contribution < 1.29 is 4.79 Å². The first-order valence-corrected chi connectivity index (χ1v) is 8.21. The third-order valence-corrected chi connectivity index (χ3v) is 4.37. The molecule has 1 amide bonds. The number of nitrogens with zero attached hydrogens (tertiary/aromatic N) is 3. The molecule has 3 aromatic rings. The van der Waals surface area contributed by atoms with Crippen LogP contribution in [0.4, 0.5) is 5.13 Å². The standard InChI is InChI=1S/C17H16N4O2S/c1-11-6-3-4-7-13(11)10-21-9-5-8-14(16(21)23)15(22)18-17-20-19-12(2)24-17/h3-9H,10H2,1-2H3,(H,18,20,22). The van der Waals surface area contributed by atoms with Crippen LogP contribution in [0.1, 0.15) is 26.5 Å². The van der Waals surface area contributed by atoms with Gasteiger partial charge in [0, 0.05) is 6.20 Å². The van der Waals surface area contributed by atoms with E-state index in [0.29, 0.717) is 11.7 Å². The molecule has 6 nitrogen and oxygen atoms in total. The Kier molecular flexibility index (Phi) is 4.52. The van der Waals surface area contributed by atoms with Gasteiger partial charge in [0.1, 0.15) is 10.6 Å². The molecule has 3 rings (SSSR count). The van der Waals surface area contributed by atoms with Crippen LogP contribution >= 0.6 is 11.3 Å². The highest BCUT2D eigenvalue weighted by molar-refractivity contribution is 7.15. The summed E-state index contributed by atoms with van der Waals surface area (Å²) >= 11 is 1.26. The molecular weight excluding hydrogens is 324 g/mol. The minimum atomic E-state index is -0.477. The molecule has 0 saturated carbocycles. The highest BCUT2D eigenvalue weighted by Crippen LogP contribution is 2.14. The summed E-state index contributed by atoms with van der Waals surface area (Å²) in [6.45, 7) is 4.21. The number of amides is 1. The second kappa shape index (κ2) is 6.76. The van der Waals surface area contributed by atoms with E-state index in [0.717, 1.165) is 16.1 Å². The Morgan fingerprint density at radius 3 is 2.67 bits per heavy atom. The maximum atomic E-state index is 12.6. The van der Waals surface area contributed by atoms with Crippen molar-refractivity contribution in [1.82, 2.24) is 14.8 Å². The highest BCUT2D eigenvalue weighted by atomic mass is 32.1. The van der Waals surface area contributed by atoms with E-state index in [1.54, 1.807) is 19.2 Å². The van der Waals surface area contributed by atoms with E-state index in [2.05, 4.69) is 15.5 Å². The van der Waals surface area contributed by atoms with Crippen LogP contribution in [0.15, 0.2) is 47.4 Å². The van der Waals surface area contributed by atoms with Gasteiger partial charge in [-0.3, -0.25) is 14.9 Å². The predicted octanol–water partition coefficient (Wildman–Crippen LogP) is 2.62.